The molecule has 0 aromatic carbocycles. The van der Waals surface area contributed by atoms with Gasteiger partial charge in [-0.2, -0.15) is 0 Å². The van der Waals surface area contributed by atoms with Crippen LogP contribution in [0.1, 0.15) is 13.3 Å². The zero-order valence-electron chi connectivity index (χ0n) is 11.4. The van der Waals surface area contributed by atoms with E-state index in [0.29, 0.717) is 18.6 Å². The number of methoxy groups -OCH3 is 2. The van der Waals surface area contributed by atoms with Crippen molar-refractivity contribution >= 4 is 12.3 Å². The normalized spacial score (nSPS) is 13.0. The van der Waals surface area contributed by atoms with Gasteiger partial charge in [0.15, 0.2) is 0 Å². The third kappa shape index (κ3) is 7.03. The average Bonchev–Trinajstić information content (AvgIpc) is 2.34. The molecule has 0 aliphatic rings. The van der Waals surface area contributed by atoms with Crippen LogP contribution in [0.2, 0.25) is 0 Å². The lowest BCUT2D eigenvalue weighted by molar-refractivity contribution is -0.122. The lowest BCUT2D eigenvalue weighted by atomic mass is 10.2. The molecule has 0 aliphatic heterocycles. The van der Waals surface area contributed by atoms with E-state index in [4.69, 9.17) is 9.47 Å². The van der Waals surface area contributed by atoms with Gasteiger partial charge >= 0.3 is 0 Å². The molecule has 1 atom stereocenters. The van der Waals surface area contributed by atoms with Crippen LogP contribution in [0.25, 0.3) is 0 Å². The molecule has 104 valence electrons. The summed E-state index contributed by atoms with van der Waals surface area (Å²) in [6.07, 6.45) is 2.90. The second-order valence-electron chi connectivity index (χ2n) is 3.99. The van der Waals surface area contributed by atoms with Crippen LogP contribution in [0.5, 0.6) is 0 Å². The number of carbonyl (C=O) groups is 2. The first-order valence-corrected chi connectivity index (χ1v) is 5.70. The minimum Gasteiger partial charge on any atom is -0.382 e. The number of hydrogen-bond acceptors (Lipinski definition) is 5. The summed E-state index contributed by atoms with van der Waals surface area (Å²) in [7, 11) is 5.13. The van der Waals surface area contributed by atoms with E-state index in [1.807, 2.05) is 11.9 Å². The van der Waals surface area contributed by atoms with E-state index in [1.165, 1.54) is 0 Å². The fourth-order valence-electron chi connectivity index (χ4n) is 1.42. The highest BCUT2D eigenvalue weighted by Gasteiger charge is 2.08. The molecule has 6 heteroatoms. The van der Waals surface area contributed by atoms with Crippen molar-refractivity contribution in [3.8, 4) is 0 Å². The number of amides is 2. The van der Waals surface area contributed by atoms with Gasteiger partial charge in [0, 0.05) is 39.6 Å². The molecule has 0 saturated heterocycles. The summed E-state index contributed by atoms with van der Waals surface area (Å²) in [6, 6.07) is 0. The number of nitrogens with one attached hydrogen (secondary N) is 1. The van der Waals surface area contributed by atoms with E-state index < -0.39 is 5.91 Å². The van der Waals surface area contributed by atoms with Crippen molar-refractivity contribution in [2.75, 3.05) is 34.4 Å². The lowest BCUT2D eigenvalue weighted by Crippen LogP contribution is -2.26. The molecule has 0 spiro atoms. The molecule has 0 aromatic rings. The Labute approximate surface area is 108 Å². The standard InChI is InChI=1S/C12H22N2O4/c1-10(12(16)13-9-15)7-14(2)6-5-11(18-4)8-17-3/h7,9,11H,5-6,8H2,1-4H3,(H,13,15,16)/b10-7-. The largest absolute Gasteiger partial charge is 0.382 e. The first-order chi connectivity index (χ1) is 8.54. The molecule has 6 nitrogen and oxygen atoms in total. The molecular formula is C12H22N2O4. The van der Waals surface area contributed by atoms with Crippen LogP contribution in [-0.2, 0) is 19.1 Å². The minimum absolute atomic E-state index is 0.0370. The van der Waals surface area contributed by atoms with Gasteiger partial charge in [0.1, 0.15) is 0 Å². The Hall–Kier alpha value is -1.40. The molecular weight excluding hydrogens is 236 g/mol. The maximum absolute atomic E-state index is 11.3. The summed E-state index contributed by atoms with van der Waals surface area (Å²) >= 11 is 0. The molecule has 0 bridgehead atoms. The monoisotopic (exact) mass is 258 g/mol. The average molecular weight is 258 g/mol. The number of rotatable bonds is 9. The Balaban J connectivity index is 4.15. The SMILES string of the molecule is COCC(CCN(C)/C=C(/C)C(=O)NC=O)OC. The molecule has 0 saturated carbocycles. The van der Waals surface area contributed by atoms with Gasteiger partial charge in [-0.3, -0.25) is 14.9 Å². The summed E-state index contributed by atoms with van der Waals surface area (Å²) in [5.74, 6) is -0.392. The van der Waals surface area contributed by atoms with E-state index in [1.54, 1.807) is 27.3 Å². The predicted octanol–water partition coefficient (Wildman–Crippen LogP) is 0.146. The van der Waals surface area contributed by atoms with Gasteiger partial charge in [-0.25, -0.2) is 0 Å². The van der Waals surface area contributed by atoms with Gasteiger partial charge in [-0.05, 0) is 13.3 Å². The number of imide groups is 1. The van der Waals surface area contributed by atoms with Crippen molar-refractivity contribution in [2.24, 2.45) is 0 Å². The van der Waals surface area contributed by atoms with Gasteiger partial charge < -0.3 is 14.4 Å². The van der Waals surface area contributed by atoms with Crippen LogP contribution in [0.3, 0.4) is 0 Å². The smallest absolute Gasteiger partial charge is 0.254 e. The molecule has 0 fully saturated rings. The molecule has 0 rings (SSSR count). The van der Waals surface area contributed by atoms with Gasteiger partial charge in [-0.15, -0.1) is 0 Å². The van der Waals surface area contributed by atoms with Crippen LogP contribution < -0.4 is 5.32 Å². The van der Waals surface area contributed by atoms with Gasteiger partial charge in [0.2, 0.25) is 6.41 Å². The third-order valence-corrected chi connectivity index (χ3v) is 2.45. The fraction of sp³-hybridized carbons (Fsp3) is 0.667. The van der Waals surface area contributed by atoms with Crippen molar-refractivity contribution < 1.29 is 19.1 Å². The summed E-state index contributed by atoms with van der Waals surface area (Å²) in [5.41, 5.74) is 0.477. The topological polar surface area (TPSA) is 67.9 Å². The van der Waals surface area contributed by atoms with Crippen molar-refractivity contribution in [1.82, 2.24) is 10.2 Å². The summed E-state index contributed by atoms with van der Waals surface area (Å²) in [6.45, 7) is 2.92. The highest BCUT2D eigenvalue weighted by molar-refractivity contribution is 5.98. The number of hydrogen-bond donors (Lipinski definition) is 1. The molecule has 0 aliphatic carbocycles. The van der Waals surface area contributed by atoms with E-state index in [0.717, 1.165) is 13.0 Å². The second-order valence-corrected chi connectivity index (χ2v) is 3.99. The molecule has 18 heavy (non-hydrogen) atoms. The first kappa shape index (κ1) is 16.6. The zero-order chi connectivity index (χ0) is 14.0. The number of carbonyl (C=O) groups excluding carboxylic acids is 2. The van der Waals surface area contributed by atoms with Crippen molar-refractivity contribution in [1.29, 1.82) is 0 Å². The van der Waals surface area contributed by atoms with E-state index in [9.17, 15) is 9.59 Å². The Morgan fingerprint density at radius 1 is 1.44 bits per heavy atom. The summed E-state index contributed by atoms with van der Waals surface area (Å²) < 4.78 is 10.3. The highest BCUT2D eigenvalue weighted by atomic mass is 16.5. The van der Waals surface area contributed by atoms with Crippen molar-refractivity contribution in [2.45, 2.75) is 19.4 Å². The Bertz CT molecular complexity index is 292. The predicted molar refractivity (Wildman–Crippen MR) is 67.9 cm³/mol. The quantitative estimate of drug-likeness (QED) is 0.471. The van der Waals surface area contributed by atoms with E-state index in [-0.39, 0.29) is 6.10 Å². The van der Waals surface area contributed by atoms with Crippen molar-refractivity contribution in [3.05, 3.63) is 11.8 Å². The molecule has 2 amide bonds. The summed E-state index contributed by atoms with van der Waals surface area (Å²) in [5, 5.41) is 2.09. The maximum Gasteiger partial charge on any atom is 0.254 e. The number of nitrogens with zero attached hydrogens (tertiary/aromatic N) is 1. The van der Waals surface area contributed by atoms with E-state index in [2.05, 4.69) is 5.32 Å². The van der Waals surface area contributed by atoms with Crippen LogP contribution in [0, 0.1) is 0 Å². The highest BCUT2D eigenvalue weighted by Crippen LogP contribution is 2.02. The first-order valence-electron chi connectivity index (χ1n) is 5.70. The van der Waals surface area contributed by atoms with Gasteiger partial charge in [0.25, 0.3) is 5.91 Å². The molecule has 1 unspecified atom stereocenters. The van der Waals surface area contributed by atoms with Gasteiger partial charge in [0.05, 0.1) is 12.7 Å². The lowest BCUT2D eigenvalue weighted by Gasteiger charge is -2.19. The van der Waals surface area contributed by atoms with Crippen molar-refractivity contribution in [3.63, 3.8) is 0 Å². The fourth-order valence-corrected chi connectivity index (χ4v) is 1.42. The molecule has 0 aromatic heterocycles. The number of ether oxygens (including phenoxy) is 2. The van der Waals surface area contributed by atoms with Crippen LogP contribution in [0.4, 0.5) is 0 Å². The van der Waals surface area contributed by atoms with Crippen LogP contribution in [0.15, 0.2) is 11.8 Å². The minimum atomic E-state index is -0.392. The second kappa shape index (κ2) is 9.61. The summed E-state index contributed by atoms with van der Waals surface area (Å²) in [4.78, 5) is 23.3. The third-order valence-electron chi connectivity index (χ3n) is 2.45. The Kier molecular flexibility index (Phi) is 8.86. The maximum atomic E-state index is 11.3. The molecule has 0 heterocycles. The van der Waals surface area contributed by atoms with Gasteiger partial charge in [-0.1, -0.05) is 0 Å². The van der Waals surface area contributed by atoms with E-state index >= 15 is 0 Å². The van der Waals surface area contributed by atoms with Crippen LogP contribution >= 0.6 is 0 Å². The molecule has 0 radical (unpaired) electrons. The Morgan fingerprint density at radius 3 is 2.61 bits per heavy atom. The Morgan fingerprint density at radius 2 is 2.11 bits per heavy atom. The van der Waals surface area contributed by atoms with Crippen LogP contribution in [-0.4, -0.2) is 57.7 Å². The molecule has 1 N–H and O–H groups in total. The zero-order valence-corrected chi connectivity index (χ0v) is 11.4.